The molecule has 0 aliphatic rings. The van der Waals surface area contributed by atoms with Crippen LogP contribution in [0.1, 0.15) is 23.0 Å². The van der Waals surface area contributed by atoms with Gasteiger partial charge < -0.3 is 4.74 Å². The van der Waals surface area contributed by atoms with Gasteiger partial charge in [-0.25, -0.2) is 14.5 Å². The molecule has 0 saturated carbocycles. The van der Waals surface area contributed by atoms with Crippen LogP contribution in [0.3, 0.4) is 0 Å². The third-order valence-corrected chi connectivity index (χ3v) is 5.30. The number of aromatic nitrogens is 3. The van der Waals surface area contributed by atoms with Gasteiger partial charge in [0.25, 0.3) is 0 Å². The third kappa shape index (κ3) is 3.22. The van der Waals surface area contributed by atoms with Gasteiger partial charge in [0, 0.05) is 5.02 Å². The van der Waals surface area contributed by atoms with E-state index in [0.717, 1.165) is 16.3 Å². The van der Waals surface area contributed by atoms with Gasteiger partial charge in [-0.15, -0.1) is 11.3 Å². The van der Waals surface area contributed by atoms with Gasteiger partial charge in [0.05, 0.1) is 39.5 Å². The number of fused-ring (bicyclic) bond motifs is 1. The van der Waals surface area contributed by atoms with E-state index in [9.17, 15) is 4.79 Å². The van der Waals surface area contributed by atoms with Crippen LogP contribution in [0.5, 0.6) is 0 Å². The zero-order chi connectivity index (χ0) is 19.0. The number of aryl methyl sites for hydroxylation is 1. The molecule has 0 fully saturated rings. The van der Waals surface area contributed by atoms with E-state index in [2.05, 4.69) is 5.10 Å². The summed E-state index contributed by atoms with van der Waals surface area (Å²) in [4.78, 5) is 18.4. The van der Waals surface area contributed by atoms with Crippen LogP contribution in [0.4, 0.5) is 0 Å². The lowest BCUT2D eigenvalue weighted by molar-refractivity contribution is 0.0528. The summed E-state index contributed by atoms with van der Waals surface area (Å²) in [5.74, 6) is -0.374. The molecule has 3 aromatic heterocycles. The van der Waals surface area contributed by atoms with Crippen molar-refractivity contribution in [3.63, 3.8) is 0 Å². The fourth-order valence-corrected chi connectivity index (χ4v) is 3.78. The van der Waals surface area contributed by atoms with Crippen molar-refractivity contribution in [3.05, 3.63) is 64.1 Å². The van der Waals surface area contributed by atoms with E-state index in [1.165, 1.54) is 0 Å². The van der Waals surface area contributed by atoms with Gasteiger partial charge in [0.1, 0.15) is 0 Å². The summed E-state index contributed by atoms with van der Waals surface area (Å²) < 4.78 is 7.01. The maximum atomic E-state index is 12.6. The van der Waals surface area contributed by atoms with Crippen LogP contribution in [0, 0.1) is 6.92 Å². The largest absolute Gasteiger partial charge is 0.462 e. The summed E-state index contributed by atoms with van der Waals surface area (Å²) in [6, 6.07) is 13.1. The number of esters is 1. The van der Waals surface area contributed by atoms with Gasteiger partial charge in [-0.3, -0.25) is 0 Å². The Morgan fingerprint density at radius 3 is 2.70 bits per heavy atom. The number of hydrogen-bond donors (Lipinski definition) is 0. The van der Waals surface area contributed by atoms with Crippen LogP contribution in [0.15, 0.2) is 47.8 Å². The molecular weight excluding hydrogens is 382 g/mol. The maximum absolute atomic E-state index is 12.6. The molecule has 0 N–H and O–H groups in total. The average molecular weight is 398 g/mol. The Bertz CT molecular complexity index is 1120. The minimum absolute atomic E-state index is 0.307. The van der Waals surface area contributed by atoms with Crippen molar-refractivity contribution in [2.24, 2.45) is 0 Å². The summed E-state index contributed by atoms with van der Waals surface area (Å²) in [7, 11) is 0. The number of pyridine rings is 1. The van der Waals surface area contributed by atoms with Gasteiger partial charge >= 0.3 is 5.97 Å². The lowest BCUT2D eigenvalue weighted by Gasteiger charge is -2.08. The van der Waals surface area contributed by atoms with Crippen molar-refractivity contribution in [2.45, 2.75) is 13.8 Å². The molecule has 5 nitrogen and oxygen atoms in total. The highest BCUT2D eigenvalue weighted by molar-refractivity contribution is 7.13. The van der Waals surface area contributed by atoms with Crippen molar-refractivity contribution in [1.29, 1.82) is 0 Å². The van der Waals surface area contributed by atoms with Gasteiger partial charge in [0.2, 0.25) is 0 Å². The van der Waals surface area contributed by atoms with Crippen LogP contribution in [0.2, 0.25) is 5.02 Å². The first kappa shape index (κ1) is 17.7. The Kier molecular flexibility index (Phi) is 4.68. The number of ether oxygens (including phenoxy) is 1. The minimum atomic E-state index is -0.374. The van der Waals surface area contributed by atoms with Gasteiger partial charge in [-0.2, -0.15) is 5.10 Å². The number of halogens is 1. The number of hydrogen-bond acceptors (Lipinski definition) is 5. The quantitative estimate of drug-likeness (QED) is 0.439. The van der Waals surface area contributed by atoms with E-state index in [1.54, 1.807) is 41.1 Å². The first-order valence-electron chi connectivity index (χ1n) is 8.45. The number of rotatable bonds is 4. The van der Waals surface area contributed by atoms with Crippen molar-refractivity contribution in [1.82, 2.24) is 14.8 Å². The fourth-order valence-electron chi connectivity index (χ4n) is 2.97. The lowest BCUT2D eigenvalue weighted by atomic mass is 10.1. The Morgan fingerprint density at radius 1 is 1.26 bits per heavy atom. The van der Waals surface area contributed by atoms with Crippen LogP contribution in [-0.2, 0) is 4.74 Å². The highest BCUT2D eigenvalue weighted by atomic mass is 35.5. The van der Waals surface area contributed by atoms with Gasteiger partial charge in [0.15, 0.2) is 5.65 Å². The first-order chi connectivity index (χ1) is 13.1. The predicted molar refractivity (Wildman–Crippen MR) is 108 cm³/mol. The molecular formula is C20H16ClN3O2S. The molecule has 4 aromatic rings. The Hall–Kier alpha value is -2.70. The molecule has 0 bridgehead atoms. The van der Waals surface area contributed by atoms with E-state index < -0.39 is 0 Å². The van der Waals surface area contributed by atoms with E-state index in [4.69, 9.17) is 21.3 Å². The Balaban J connectivity index is 2.01. The molecule has 0 aliphatic carbocycles. The second-order valence-electron chi connectivity index (χ2n) is 5.93. The second kappa shape index (κ2) is 7.13. The number of carbonyl (C=O) groups excluding carboxylic acids is 1. The molecule has 0 aliphatic heterocycles. The van der Waals surface area contributed by atoms with E-state index in [-0.39, 0.29) is 5.97 Å². The Morgan fingerprint density at radius 2 is 2.04 bits per heavy atom. The molecule has 7 heteroatoms. The van der Waals surface area contributed by atoms with E-state index in [0.29, 0.717) is 33.9 Å². The summed E-state index contributed by atoms with van der Waals surface area (Å²) in [5, 5.41) is 7.94. The zero-order valence-electron chi connectivity index (χ0n) is 14.8. The molecule has 4 rings (SSSR count). The number of carbonyl (C=O) groups is 1. The summed E-state index contributed by atoms with van der Waals surface area (Å²) in [6.45, 7) is 3.96. The average Bonchev–Trinajstić information content (AvgIpc) is 3.31. The second-order valence-corrected chi connectivity index (χ2v) is 7.31. The maximum Gasteiger partial charge on any atom is 0.339 e. The minimum Gasteiger partial charge on any atom is -0.462 e. The summed E-state index contributed by atoms with van der Waals surface area (Å²) in [6.07, 6.45) is 0. The zero-order valence-corrected chi connectivity index (χ0v) is 16.3. The SMILES string of the molecule is CCOC(=O)c1cc(-c2cccs2)nc2c1c(C)nn2-c1ccc(Cl)cc1. The van der Waals surface area contributed by atoms with Crippen LogP contribution in [-0.4, -0.2) is 27.3 Å². The molecule has 0 atom stereocenters. The molecule has 27 heavy (non-hydrogen) atoms. The fraction of sp³-hybridized carbons (Fsp3) is 0.150. The lowest BCUT2D eigenvalue weighted by Crippen LogP contribution is -2.07. The molecule has 0 spiro atoms. The molecule has 1 aromatic carbocycles. The number of thiophene rings is 1. The van der Waals surface area contributed by atoms with E-state index >= 15 is 0 Å². The highest BCUT2D eigenvalue weighted by Gasteiger charge is 2.21. The molecule has 3 heterocycles. The number of benzene rings is 1. The van der Waals surface area contributed by atoms with Crippen molar-refractivity contribution < 1.29 is 9.53 Å². The molecule has 0 amide bonds. The van der Waals surface area contributed by atoms with Crippen molar-refractivity contribution in [3.8, 4) is 16.3 Å². The normalized spacial score (nSPS) is 11.1. The standard InChI is InChI=1S/C20H16ClN3O2S/c1-3-26-20(25)15-11-16(17-5-4-10-27-17)22-19-18(15)12(2)23-24(19)14-8-6-13(21)7-9-14/h4-11H,3H2,1-2H3. The molecule has 136 valence electrons. The van der Waals surface area contributed by atoms with Crippen molar-refractivity contribution in [2.75, 3.05) is 6.61 Å². The van der Waals surface area contributed by atoms with E-state index in [1.807, 2.05) is 36.6 Å². The van der Waals surface area contributed by atoms with Gasteiger partial charge in [-0.05, 0) is 55.6 Å². The molecule has 0 unspecified atom stereocenters. The highest BCUT2D eigenvalue weighted by Crippen LogP contribution is 2.31. The summed E-state index contributed by atoms with van der Waals surface area (Å²) in [5.41, 5.74) is 3.35. The van der Waals surface area contributed by atoms with Crippen LogP contribution < -0.4 is 0 Å². The van der Waals surface area contributed by atoms with Crippen LogP contribution in [0.25, 0.3) is 27.3 Å². The smallest absolute Gasteiger partial charge is 0.339 e. The number of nitrogens with zero attached hydrogens (tertiary/aromatic N) is 3. The summed E-state index contributed by atoms with van der Waals surface area (Å²) >= 11 is 7.58. The third-order valence-electron chi connectivity index (χ3n) is 4.15. The van der Waals surface area contributed by atoms with Crippen molar-refractivity contribution >= 4 is 39.9 Å². The topological polar surface area (TPSA) is 57.0 Å². The van der Waals surface area contributed by atoms with Crippen LogP contribution >= 0.6 is 22.9 Å². The predicted octanol–water partition coefficient (Wildman–Crippen LogP) is 5.29. The monoisotopic (exact) mass is 397 g/mol. The first-order valence-corrected chi connectivity index (χ1v) is 9.71. The van der Waals surface area contributed by atoms with Gasteiger partial charge in [-0.1, -0.05) is 17.7 Å². The molecule has 0 radical (unpaired) electrons. The Labute approximate surface area is 165 Å². The molecule has 0 saturated heterocycles.